The van der Waals surface area contributed by atoms with Crippen LogP contribution in [0.1, 0.15) is 0 Å². The van der Waals surface area contributed by atoms with Crippen LogP contribution in [0.4, 0.5) is 0 Å². The molecule has 8 heteroatoms. The molecular weight excluding hydrogens is 326 g/mol. The van der Waals surface area contributed by atoms with Crippen molar-refractivity contribution in [3.8, 4) is 0 Å². The van der Waals surface area contributed by atoms with Crippen molar-refractivity contribution in [1.82, 2.24) is 0 Å². The van der Waals surface area contributed by atoms with Gasteiger partial charge in [-0.15, -0.1) is 47.6 Å². The van der Waals surface area contributed by atoms with E-state index >= 15 is 0 Å². The van der Waals surface area contributed by atoms with Crippen molar-refractivity contribution in [1.29, 1.82) is 0 Å². The van der Waals surface area contributed by atoms with Gasteiger partial charge in [-0.05, 0) is 10.4 Å². The molecule has 0 aromatic rings. The SMILES string of the molecule is C=CCSP1S[P](SS)(SCC=C)S1. The molecule has 0 unspecified atom stereocenters. The Kier molecular flexibility index (Phi) is 7.98. The van der Waals surface area contributed by atoms with Gasteiger partial charge in [0.1, 0.15) is 4.07 Å². The van der Waals surface area contributed by atoms with E-state index in [0.717, 1.165) is 11.5 Å². The normalized spacial score (nSPS) is 30.8. The van der Waals surface area contributed by atoms with E-state index in [1.807, 2.05) is 34.9 Å². The number of thiol groups is 1. The maximum atomic E-state index is 4.39. The molecule has 0 spiro atoms. The maximum absolute atomic E-state index is 4.39. The highest BCUT2D eigenvalue weighted by molar-refractivity contribution is 9.70. The topological polar surface area (TPSA) is 0 Å². The zero-order chi connectivity index (χ0) is 10.4. The van der Waals surface area contributed by atoms with E-state index in [4.69, 9.17) is 0 Å². The van der Waals surface area contributed by atoms with E-state index in [-0.39, 0.29) is 5.53 Å². The average molecular weight is 338 g/mol. The molecule has 1 heterocycles. The molecule has 0 aromatic carbocycles. The molecule has 0 saturated carbocycles. The van der Waals surface area contributed by atoms with Crippen molar-refractivity contribution in [3.05, 3.63) is 25.3 Å². The summed E-state index contributed by atoms with van der Waals surface area (Å²) >= 11 is 12.8. The third-order valence-corrected chi connectivity index (χ3v) is 44.3. The third kappa shape index (κ3) is 4.37. The third-order valence-electron chi connectivity index (χ3n) is 1.08. The average Bonchev–Trinajstić information content (AvgIpc) is 2.16. The van der Waals surface area contributed by atoms with Gasteiger partial charge in [0.05, 0.1) is 5.53 Å². The maximum Gasteiger partial charge on any atom is 0.101 e. The van der Waals surface area contributed by atoms with E-state index < -0.39 is 4.07 Å². The Morgan fingerprint density at radius 2 is 1.93 bits per heavy atom. The fraction of sp³-hybridized carbons (Fsp3) is 0.333. The Bertz CT molecular complexity index is 204. The molecule has 0 amide bonds. The van der Waals surface area contributed by atoms with Gasteiger partial charge >= 0.3 is 0 Å². The molecular formula is C6H11P2S6. The standard InChI is InChI=1S/C6H11P2S6/c1-3-5-10-7-12-8(13-7,14-9)11-6-4-2/h3-4,9H,1-2,5-6H2. The van der Waals surface area contributed by atoms with Crippen molar-refractivity contribution in [2.45, 2.75) is 0 Å². The van der Waals surface area contributed by atoms with Crippen LogP contribution in [0, 0.1) is 0 Å². The Morgan fingerprint density at radius 1 is 1.29 bits per heavy atom. The minimum Gasteiger partial charge on any atom is -0.107 e. The fourth-order valence-corrected chi connectivity index (χ4v) is 57.6. The molecule has 1 aliphatic heterocycles. The van der Waals surface area contributed by atoms with Crippen LogP contribution >= 0.6 is 76.4 Å². The fourth-order valence-electron chi connectivity index (χ4n) is 0.575. The van der Waals surface area contributed by atoms with Crippen molar-refractivity contribution in [2.24, 2.45) is 0 Å². The zero-order valence-electron chi connectivity index (χ0n) is 7.37. The summed E-state index contributed by atoms with van der Waals surface area (Å²) in [7, 11) is 1.76. The first-order valence-corrected chi connectivity index (χ1v) is 16.5. The van der Waals surface area contributed by atoms with Crippen LogP contribution in [0.25, 0.3) is 0 Å². The van der Waals surface area contributed by atoms with Gasteiger partial charge in [0.15, 0.2) is 0 Å². The largest absolute Gasteiger partial charge is 0.107 e. The lowest BCUT2D eigenvalue weighted by molar-refractivity contribution is 1.84. The molecule has 1 saturated heterocycles. The van der Waals surface area contributed by atoms with Crippen molar-refractivity contribution >= 4 is 76.4 Å². The molecule has 0 N–H and O–H groups in total. The lowest BCUT2D eigenvalue weighted by Crippen LogP contribution is -1.78. The molecule has 0 nitrogen and oxygen atoms in total. The Hall–Kier alpha value is 2.44. The van der Waals surface area contributed by atoms with Gasteiger partial charge in [0.2, 0.25) is 0 Å². The van der Waals surface area contributed by atoms with Gasteiger partial charge in [-0.1, -0.05) is 34.2 Å². The summed E-state index contributed by atoms with van der Waals surface area (Å²) in [6.07, 6.45) is 3.96. The van der Waals surface area contributed by atoms with E-state index in [0.29, 0.717) is 0 Å². The molecule has 1 rings (SSSR count). The van der Waals surface area contributed by atoms with Crippen molar-refractivity contribution in [3.63, 3.8) is 0 Å². The number of rotatable bonds is 7. The van der Waals surface area contributed by atoms with Crippen LogP contribution < -0.4 is 0 Å². The van der Waals surface area contributed by atoms with Gasteiger partial charge in [-0.3, -0.25) is 0 Å². The molecule has 14 heavy (non-hydrogen) atoms. The number of hydrogen-bond donors (Lipinski definition) is 1. The quantitative estimate of drug-likeness (QED) is 0.234. The molecule has 0 aliphatic carbocycles. The minimum absolute atomic E-state index is 0.0893. The molecule has 0 bridgehead atoms. The molecule has 1 radical (unpaired) electrons. The lowest BCUT2D eigenvalue weighted by atomic mass is 10.8. The summed E-state index contributed by atoms with van der Waals surface area (Å²) < 4.78 is -0.930. The van der Waals surface area contributed by atoms with Gasteiger partial charge < -0.3 is 0 Å². The minimum atomic E-state index is -0.930. The van der Waals surface area contributed by atoms with Crippen LogP contribution in [-0.2, 0) is 0 Å². The van der Waals surface area contributed by atoms with E-state index in [1.165, 1.54) is 0 Å². The first-order chi connectivity index (χ1) is 6.76. The molecule has 1 fully saturated rings. The van der Waals surface area contributed by atoms with Crippen LogP contribution in [0.15, 0.2) is 25.3 Å². The molecule has 0 atom stereocenters. The highest BCUT2D eigenvalue weighted by Crippen LogP contribution is 3.18. The first kappa shape index (κ1) is 14.5. The molecule has 0 aromatic heterocycles. The zero-order valence-corrected chi connectivity index (χ0v) is 14.1. The Morgan fingerprint density at radius 3 is 2.43 bits per heavy atom. The molecule has 1 aliphatic rings. The van der Waals surface area contributed by atoms with Gasteiger partial charge in [-0.2, -0.15) is 0 Å². The first-order valence-electron chi connectivity index (χ1n) is 3.67. The van der Waals surface area contributed by atoms with Crippen LogP contribution in [0.5, 0.6) is 0 Å². The van der Waals surface area contributed by atoms with Gasteiger partial charge in [-0.25, -0.2) is 0 Å². The van der Waals surface area contributed by atoms with Crippen molar-refractivity contribution < 1.29 is 0 Å². The summed E-state index contributed by atoms with van der Waals surface area (Å²) in [5, 5.41) is 0. The van der Waals surface area contributed by atoms with Gasteiger partial charge in [0, 0.05) is 11.5 Å². The monoisotopic (exact) mass is 337 g/mol. The van der Waals surface area contributed by atoms with Crippen LogP contribution in [0.3, 0.4) is 0 Å². The number of hydrogen-bond acceptors (Lipinski definition) is 6. The second-order valence-electron chi connectivity index (χ2n) is 2.08. The summed E-state index contributed by atoms with van der Waals surface area (Å²) in [6.45, 7) is 7.49. The smallest absolute Gasteiger partial charge is 0.101 e. The van der Waals surface area contributed by atoms with Crippen LogP contribution in [-0.4, -0.2) is 11.5 Å². The van der Waals surface area contributed by atoms with E-state index in [2.05, 4.69) is 46.8 Å². The van der Waals surface area contributed by atoms with E-state index in [1.54, 1.807) is 10.4 Å². The highest BCUT2D eigenvalue weighted by atomic mass is 34.0. The summed E-state index contributed by atoms with van der Waals surface area (Å²) in [4.78, 5) is 0. The van der Waals surface area contributed by atoms with E-state index in [9.17, 15) is 0 Å². The van der Waals surface area contributed by atoms with Crippen LogP contribution in [0.2, 0.25) is 0 Å². The summed E-state index contributed by atoms with van der Waals surface area (Å²) in [5.74, 6) is 2.13. The second-order valence-corrected chi connectivity index (χ2v) is 28.6. The van der Waals surface area contributed by atoms with Crippen molar-refractivity contribution in [2.75, 3.05) is 11.5 Å². The highest BCUT2D eigenvalue weighted by Gasteiger charge is 2.46. The molecule has 81 valence electrons. The Balaban J connectivity index is 2.25. The Labute approximate surface area is 112 Å². The van der Waals surface area contributed by atoms with Gasteiger partial charge in [0.25, 0.3) is 0 Å². The second kappa shape index (κ2) is 7.71. The summed E-state index contributed by atoms with van der Waals surface area (Å²) in [6, 6.07) is 0. The predicted molar refractivity (Wildman–Crippen MR) is 90.9 cm³/mol. The predicted octanol–water partition coefficient (Wildman–Crippen LogP) is 6.79. The lowest BCUT2D eigenvalue weighted by Gasteiger charge is -2.43. The summed E-state index contributed by atoms with van der Waals surface area (Å²) in [5.41, 5.74) is 0.0893.